The molecule has 0 spiro atoms. The van der Waals surface area contributed by atoms with E-state index in [2.05, 4.69) is 44.2 Å². The first kappa shape index (κ1) is 19.5. The van der Waals surface area contributed by atoms with E-state index in [-0.39, 0.29) is 12.1 Å². The fourth-order valence-electron chi connectivity index (χ4n) is 4.31. The number of rotatable bonds is 7. The molecule has 1 saturated heterocycles. The lowest BCUT2D eigenvalue weighted by molar-refractivity contribution is 0.0234. The van der Waals surface area contributed by atoms with Gasteiger partial charge in [-0.2, -0.15) is 0 Å². The van der Waals surface area contributed by atoms with Gasteiger partial charge in [0.25, 0.3) is 0 Å². The van der Waals surface area contributed by atoms with Gasteiger partial charge in [0.15, 0.2) is 11.5 Å². The molecule has 0 bridgehead atoms. The largest absolute Gasteiger partial charge is 0.493 e. The summed E-state index contributed by atoms with van der Waals surface area (Å²) in [4.78, 5) is 2.51. The Morgan fingerprint density at radius 2 is 2.08 bits per heavy atom. The monoisotopic (exact) mass is 360 g/mol. The van der Waals surface area contributed by atoms with E-state index < -0.39 is 0 Å². The highest BCUT2D eigenvalue weighted by molar-refractivity contribution is 5.50. The predicted molar refractivity (Wildman–Crippen MR) is 105 cm³/mol. The predicted octanol–water partition coefficient (Wildman–Crippen LogP) is 4.01. The number of unbranched alkanes of at least 4 members (excludes halogenated alkanes) is 1. The average molecular weight is 361 g/mol. The van der Waals surface area contributed by atoms with Crippen molar-refractivity contribution in [3.05, 3.63) is 29.7 Å². The number of ether oxygens (including phenoxy) is 2. The van der Waals surface area contributed by atoms with Gasteiger partial charge in [-0.3, -0.25) is 4.90 Å². The molecule has 26 heavy (non-hydrogen) atoms. The third kappa shape index (κ3) is 4.17. The van der Waals surface area contributed by atoms with Gasteiger partial charge < -0.3 is 14.6 Å². The van der Waals surface area contributed by atoms with Crippen LogP contribution in [0.2, 0.25) is 0 Å². The first-order valence-corrected chi connectivity index (χ1v) is 10.1. The number of nitrogens with zero attached hydrogens (tertiary/aromatic N) is 1. The molecule has 4 nitrogen and oxygen atoms in total. The summed E-state index contributed by atoms with van der Waals surface area (Å²) in [6, 6.07) is 4.46. The maximum atomic E-state index is 10.7. The number of piperidine rings is 1. The molecule has 145 valence electrons. The molecule has 2 heterocycles. The van der Waals surface area contributed by atoms with Crippen LogP contribution in [-0.4, -0.2) is 42.9 Å². The van der Waals surface area contributed by atoms with Gasteiger partial charge >= 0.3 is 0 Å². The Kier molecular flexibility index (Phi) is 6.46. The number of hydrogen-bond donors (Lipinski definition) is 1. The minimum Gasteiger partial charge on any atom is -0.493 e. The van der Waals surface area contributed by atoms with Crippen LogP contribution in [0.25, 0.3) is 0 Å². The standard InChI is InChI=1S/C22H34NO3/c1-5-6-9-26-22-11-16-7-8-23-14-17(10-15(2)3)20(24)13-19(23)18(16)12-21(22)25-4/h11-13,15,17,19-20,24H,5-10,14H2,1-4H3/t17-,19?,20-/m1/s1. The number of benzene rings is 1. The molecular formula is C22H34NO3. The van der Waals surface area contributed by atoms with Crippen molar-refractivity contribution in [2.45, 2.75) is 58.6 Å². The fourth-order valence-corrected chi connectivity index (χ4v) is 4.31. The summed E-state index contributed by atoms with van der Waals surface area (Å²) in [6.07, 6.45) is 6.06. The minimum absolute atomic E-state index is 0.177. The molecule has 0 aromatic heterocycles. The highest BCUT2D eigenvalue weighted by Crippen LogP contribution is 2.43. The zero-order valence-electron chi connectivity index (χ0n) is 16.7. The smallest absolute Gasteiger partial charge is 0.161 e. The van der Waals surface area contributed by atoms with Crippen LogP contribution >= 0.6 is 0 Å². The van der Waals surface area contributed by atoms with Gasteiger partial charge in [0.1, 0.15) is 0 Å². The molecule has 3 rings (SSSR count). The summed E-state index contributed by atoms with van der Waals surface area (Å²) in [5, 5.41) is 10.7. The molecule has 2 aliphatic heterocycles. The molecule has 1 aromatic carbocycles. The van der Waals surface area contributed by atoms with Gasteiger partial charge in [-0.1, -0.05) is 27.2 Å². The molecule has 2 aliphatic rings. The SMILES string of the molecule is CCCCOc1cc2c(cc1OC)C1[CH][C@@H](O)[C@H](CC(C)C)CN1CC2. The van der Waals surface area contributed by atoms with Gasteiger partial charge in [0.05, 0.1) is 19.8 Å². The van der Waals surface area contributed by atoms with Crippen molar-refractivity contribution in [1.82, 2.24) is 4.90 Å². The van der Waals surface area contributed by atoms with Crippen molar-refractivity contribution < 1.29 is 14.6 Å². The second-order valence-corrected chi connectivity index (χ2v) is 8.17. The number of hydrogen-bond acceptors (Lipinski definition) is 4. The molecule has 1 fully saturated rings. The Labute approximate surface area is 158 Å². The molecule has 4 heteroatoms. The van der Waals surface area contributed by atoms with E-state index in [1.807, 2.05) is 0 Å². The highest BCUT2D eigenvalue weighted by Gasteiger charge is 2.39. The van der Waals surface area contributed by atoms with Gasteiger partial charge in [0.2, 0.25) is 0 Å². The maximum Gasteiger partial charge on any atom is 0.161 e. The minimum atomic E-state index is -0.337. The van der Waals surface area contributed by atoms with Crippen LogP contribution in [0.4, 0.5) is 0 Å². The van der Waals surface area contributed by atoms with E-state index in [1.165, 1.54) is 11.1 Å². The molecule has 1 unspecified atom stereocenters. The second-order valence-electron chi connectivity index (χ2n) is 8.17. The highest BCUT2D eigenvalue weighted by atomic mass is 16.5. The molecule has 1 N–H and O–H groups in total. The first-order chi connectivity index (χ1) is 12.5. The van der Waals surface area contributed by atoms with Crippen LogP contribution < -0.4 is 9.47 Å². The summed E-state index contributed by atoms with van der Waals surface area (Å²) in [7, 11) is 1.70. The molecule has 0 aliphatic carbocycles. The molecule has 0 saturated carbocycles. The summed E-state index contributed by atoms with van der Waals surface area (Å²) >= 11 is 0. The third-order valence-electron chi connectivity index (χ3n) is 5.67. The maximum absolute atomic E-state index is 10.7. The molecule has 1 aromatic rings. The van der Waals surface area contributed by atoms with Crippen molar-refractivity contribution in [3.8, 4) is 11.5 Å². The van der Waals surface area contributed by atoms with E-state index >= 15 is 0 Å². The average Bonchev–Trinajstić information content (AvgIpc) is 2.61. The Morgan fingerprint density at radius 3 is 2.77 bits per heavy atom. The Balaban J connectivity index is 1.80. The van der Waals surface area contributed by atoms with E-state index in [0.717, 1.165) is 56.9 Å². The molecule has 0 amide bonds. The zero-order valence-corrected chi connectivity index (χ0v) is 16.7. The van der Waals surface area contributed by atoms with E-state index in [1.54, 1.807) is 7.11 Å². The van der Waals surface area contributed by atoms with E-state index in [4.69, 9.17) is 9.47 Å². The lowest BCUT2D eigenvalue weighted by Crippen LogP contribution is -2.48. The fraction of sp³-hybridized carbons (Fsp3) is 0.682. The van der Waals surface area contributed by atoms with Crippen molar-refractivity contribution in [3.63, 3.8) is 0 Å². The van der Waals surface area contributed by atoms with Crippen molar-refractivity contribution >= 4 is 0 Å². The summed E-state index contributed by atoms with van der Waals surface area (Å²) in [5.74, 6) is 2.60. The number of methoxy groups -OCH3 is 1. The van der Waals surface area contributed by atoms with Crippen molar-refractivity contribution in [1.29, 1.82) is 0 Å². The van der Waals surface area contributed by atoms with Gasteiger partial charge in [0, 0.05) is 25.6 Å². The van der Waals surface area contributed by atoms with Gasteiger partial charge in [-0.15, -0.1) is 0 Å². The molecule has 1 radical (unpaired) electrons. The summed E-state index contributed by atoms with van der Waals surface area (Å²) < 4.78 is 11.6. The lowest BCUT2D eigenvalue weighted by atomic mass is 9.79. The quantitative estimate of drug-likeness (QED) is 0.746. The van der Waals surface area contributed by atoms with E-state index in [0.29, 0.717) is 11.8 Å². The van der Waals surface area contributed by atoms with Crippen LogP contribution in [0.3, 0.4) is 0 Å². The van der Waals surface area contributed by atoms with Gasteiger partial charge in [-0.25, -0.2) is 0 Å². The third-order valence-corrected chi connectivity index (χ3v) is 5.67. The van der Waals surface area contributed by atoms with Crippen molar-refractivity contribution in [2.24, 2.45) is 11.8 Å². The normalized spacial score (nSPS) is 25.7. The lowest BCUT2D eigenvalue weighted by Gasteiger charge is -2.46. The second kappa shape index (κ2) is 8.62. The van der Waals surface area contributed by atoms with E-state index in [9.17, 15) is 5.11 Å². The Morgan fingerprint density at radius 1 is 1.27 bits per heavy atom. The van der Waals surface area contributed by atoms with Crippen LogP contribution in [0.15, 0.2) is 12.1 Å². The topological polar surface area (TPSA) is 41.9 Å². The number of fused-ring (bicyclic) bond motifs is 3. The Hall–Kier alpha value is -1.26. The molecule has 3 atom stereocenters. The van der Waals surface area contributed by atoms with Crippen molar-refractivity contribution in [2.75, 3.05) is 26.8 Å². The van der Waals surface area contributed by atoms with Crippen LogP contribution in [0.5, 0.6) is 11.5 Å². The summed E-state index contributed by atoms with van der Waals surface area (Å²) in [6.45, 7) is 9.36. The van der Waals surface area contributed by atoms with Crippen LogP contribution in [0, 0.1) is 18.3 Å². The van der Waals surface area contributed by atoms with Crippen LogP contribution in [-0.2, 0) is 6.42 Å². The zero-order chi connectivity index (χ0) is 18.7. The first-order valence-electron chi connectivity index (χ1n) is 10.1. The number of aliphatic hydroxyl groups is 1. The summed E-state index contributed by atoms with van der Waals surface area (Å²) in [5.41, 5.74) is 2.59. The Bertz CT molecular complexity index is 601. The van der Waals surface area contributed by atoms with Gasteiger partial charge in [-0.05, 0) is 54.4 Å². The molecular weight excluding hydrogens is 326 g/mol. The number of aliphatic hydroxyl groups excluding tert-OH is 1. The van der Waals surface area contributed by atoms with Crippen LogP contribution in [0.1, 0.15) is 57.2 Å².